The molecule has 5 fully saturated rings. The lowest BCUT2D eigenvalue weighted by Crippen LogP contribution is -2.44. The molecule has 21 nitrogen and oxygen atoms in total. The number of nitrogens with zero attached hydrogens (tertiary/aromatic N) is 15. The van der Waals surface area contributed by atoms with E-state index in [1.807, 2.05) is 102 Å². The zero-order valence-electron chi connectivity index (χ0n) is 53.6. The Balaban J connectivity index is 0.000000131. The summed E-state index contributed by atoms with van der Waals surface area (Å²) >= 11 is 0. The SMILES string of the molecule is CC(C)n1cc(-c2cc3nn(C)cc3c(O[C@H](C)[C@H]3CCC(=O)C3)n2)cn1.C[C@@H](Oc1nc(-c2ccc(N3CCCCC3)nc2)cc2nn(C)cc12)[C@H]1CCC(=O)C1.C[C@@H](Oc1nc(-c2ccc(N3CCN(C)CC3)cc2)cc2nn(C)cc12)[C@H]1CCC(=O)C1. The number of piperidine rings is 1. The Hall–Kier alpha value is -8.59. The third-order valence-corrected chi connectivity index (χ3v) is 18.7. The van der Waals surface area contributed by atoms with Gasteiger partial charge in [0.2, 0.25) is 17.6 Å². The Morgan fingerprint density at radius 1 is 0.467 bits per heavy atom. The molecule has 0 radical (unpaired) electrons. The lowest BCUT2D eigenvalue weighted by Gasteiger charge is -2.34. The summed E-state index contributed by atoms with van der Waals surface area (Å²) in [4.78, 5) is 61.4. The molecule has 2 saturated heterocycles. The highest BCUT2D eigenvalue weighted by molar-refractivity contribution is 5.89. The second-order valence-electron chi connectivity index (χ2n) is 25.8. The van der Waals surface area contributed by atoms with Crippen LogP contribution in [0.3, 0.4) is 0 Å². The van der Waals surface area contributed by atoms with Crippen LogP contribution in [0.15, 0.2) is 91.8 Å². The fourth-order valence-electron chi connectivity index (χ4n) is 13.1. The molecule has 21 heteroatoms. The third kappa shape index (κ3) is 14.2. The maximum Gasteiger partial charge on any atom is 0.225 e. The average Bonchev–Trinajstić information content (AvgIpc) is 1.69. The molecular formula is C69H85N15O6. The number of ketones is 3. The summed E-state index contributed by atoms with van der Waals surface area (Å²) in [5, 5.41) is 20.8. The molecule has 0 bridgehead atoms. The van der Waals surface area contributed by atoms with Crippen LogP contribution in [0.4, 0.5) is 11.5 Å². The molecule has 3 aliphatic carbocycles. The summed E-state index contributed by atoms with van der Waals surface area (Å²) in [5.41, 5.74) is 9.16. The van der Waals surface area contributed by atoms with Crippen LogP contribution in [0.1, 0.15) is 118 Å². The number of piperazine rings is 1. The molecule has 1 aromatic carbocycles. The van der Waals surface area contributed by atoms with E-state index in [-0.39, 0.29) is 42.1 Å². The summed E-state index contributed by atoms with van der Waals surface area (Å²) in [6.45, 7) is 16.7. The monoisotopic (exact) mass is 1220 g/mol. The van der Waals surface area contributed by atoms with Gasteiger partial charge < -0.3 is 28.9 Å². The standard InChI is InChI=1S/C25H31N5O2.C24H29N5O2.C20H25N5O2/c1-17(19-6-9-21(31)14-19)32-25-22-16-29(3)27-24(22)15-23(26-25)18-4-7-20(8-5-18)30-12-10-28(2)11-13-30;1-16(17-6-8-19(30)12-17)31-24-20-15-28(2)27-22(20)13-21(26-24)18-7-9-23(25-14-18)29-10-4-3-5-11-29;1-12(2)25-10-15(9-21-25)18-8-19-17(11-24(4)23-19)20(22-18)27-13(3)14-5-6-16(26)7-14/h4-5,7-8,15-17,19H,6,9-14H2,1-3H3;7,9,13-17H,3-6,8,10-12H2,1-2H3;8-14H,5-7H2,1-4H3/t17-,19+;16-,17+;13-,14+/m111/s1. The first kappa shape index (κ1) is 61.6. The molecule has 472 valence electrons. The number of hydrogen-bond acceptors (Lipinski definition) is 17. The van der Waals surface area contributed by atoms with Crippen molar-refractivity contribution < 1.29 is 28.6 Å². The molecule has 2 aliphatic heterocycles. The van der Waals surface area contributed by atoms with E-state index in [1.165, 1.54) is 24.9 Å². The number of fused-ring (bicyclic) bond motifs is 3. The van der Waals surface area contributed by atoms with Crippen LogP contribution in [0.5, 0.6) is 17.6 Å². The number of hydrogen-bond donors (Lipinski definition) is 0. The maximum atomic E-state index is 11.7. The van der Waals surface area contributed by atoms with Crippen LogP contribution < -0.4 is 24.0 Å². The summed E-state index contributed by atoms with van der Waals surface area (Å²) in [5.74, 6) is 4.50. The highest BCUT2D eigenvalue weighted by Crippen LogP contribution is 2.37. The Morgan fingerprint density at radius 2 is 0.900 bits per heavy atom. The van der Waals surface area contributed by atoms with E-state index in [0.717, 1.165) is 131 Å². The zero-order valence-corrected chi connectivity index (χ0v) is 53.6. The number of anilines is 2. The average molecular weight is 1220 g/mol. The van der Waals surface area contributed by atoms with Crippen molar-refractivity contribution >= 4 is 61.6 Å². The van der Waals surface area contributed by atoms with E-state index in [1.54, 1.807) is 14.0 Å². The Labute approximate surface area is 526 Å². The molecule has 9 aromatic rings. The molecule has 3 saturated carbocycles. The molecule has 0 amide bonds. The lowest BCUT2D eigenvalue weighted by molar-refractivity contribution is -0.118. The van der Waals surface area contributed by atoms with Crippen molar-refractivity contribution in [3.05, 3.63) is 91.8 Å². The van der Waals surface area contributed by atoms with Crippen LogP contribution in [-0.4, -0.2) is 146 Å². The van der Waals surface area contributed by atoms with Crippen LogP contribution >= 0.6 is 0 Å². The molecule has 0 unspecified atom stereocenters. The predicted octanol–water partition coefficient (Wildman–Crippen LogP) is 11.2. The summed E-state index contributed by atoms with van der Waals surface area (Å²) in [6.07, 6.45) is 21.5. The number of aromatic nitrogens is 12. The fraction of sp³-hybridized carbons (Fsp3) is 0.493. The molecule has 0 spiro atoms. The number of rotatable bonds is 15. The van der Waals surface area contributed by atoms with Crippen molar-refractivity contribution in [2.45, 2.75) is 136 Å². The van der Waals surface area contributed by atoms with Crippen molar-refractivity contribution in [1.82, 2.24) is 64.0 Å². The number of carbonyl (C=O) groups is 3. The van der Waals surface area contributed by atoms with Gasteiger partial charge in [-0.15, -0.1) is 0 Å². The van der Waals surface area contributed by atoms with Crippen molar-refractivity contribution in [3.8, 4) is 51.4 Å². The van der Waals surface area contributed by atoms with Gasteiger partial charge in [-0.25, -0.2) is 19.9 Å². The Kier molecular flexibility index (Phi) is 18.4. The lowest BCUT2D eigenvalue weighted by atomic mass is 10.0. The third-order valence-electron chi connectivity index (χ3n) is 18.7. The van der Waals surface area contributed by atoms with E-state index in [2.05, 4.69) is 92.4 Å². The van der Waals surface area contributed by atoms with Gasteiger partial charge in [0.25, 0.3) is 0 Å². The molecule has 5 aliphatic rings. The minimum Gasteiger partial charge on any atom is -0.474 e. The fourth-order valence-corrected chi connectivity index (χ4v) is 13.1. The predicted molar refractivity (Wildman–Crippen MR) is 349 cm³/mol. The van der Waals surface area contributed by atoms with Gasteiger partial charge in [0.05, 0.1) is 56.0 Å². The smallest absolute Gasteiger partial charge is 0.225 e. The van der Waals surface area contributed by atoms with Gasteiger partial charge in [-0.2, -0.15) is 20.4 Å². The second kappa shape index (κ2) is 26.9. The first-order valence-electron chi connectivity index (χ1n) is 32.3. The van der Waals surface area contributed by atoms with Gasteiger partial charge in [-0.3, -0.25) is 33.1 Å². The maximum absolute atomic E-state index is 11.7. The number of pyridine rings is 4. The highest BCUT2D eigenvalue weighted by Gasteiger charge is 2.32. The van der Waals surface area contributed by atoms with E-state index < -0.39 is 0 Å². The van der Waals surface area contributed by atoms with Crippen molar-refractivity contribution in [2.75, 3.05) is 56.1 Å². The van der Waals surface area contributed by atoms with E-state index in [9.17, 15) is 14.4 Å². The van der Waals surface area contributed by atoms with Crippen LogP contribution in [0.2, 0.25) is 0 Å². The number of carbonyl (C=O) groups excluding carboxylic acids is 3. The van der Waals surface area contributed by atoms with E-state index >= 15 is 0 Å². The first-order chi connectivity index (χ1) is 43.4. The Bertz CT molecular complexity index is 4000. The number of aryl methyl sites for hydroxylation is 3. The van der Waals surface area contributed by atoms with Gasteiger partial charge in [-0.1, -0.05) is 12.1 Å². The second-order valence-corrected chi connectivity index (χ2v) is 25.8. The van der Waals surface area contributed by atoms with E-state index in [4.69, 9.17) is 34.1 Å². The van der Waals surface area contributed by atoms with Gasteiger partial charge in [0, 0.05) is 176 Å². The van der Waals surface area contributed by atoms with Crippen molar-refractivity contribution in [3.63, 3.8) is 0 Å². The largest absolute Gasteiger partial charge is 0.474 e. The number of benzene rings is 1. The van der Waals surface area contributed by atoms with Gasteiger partial charge in [0.1, 0.15) is 41.5 Å². The summed E-state index contributed by atoms with van der Waals surface area (Å²) < 4.78 is 26.1. The normalized spacial score (nSPS) is 20.0. The van der Waals surface area contributed by atoms with Crippen LogP contribution in [-0.2, 0) is 35.5 Å². The number of likely N-dealkylation sites (N-methyl/N-ethyl adjacent to an activating group) is 1. The molecular weight excluding hydrogens is 1130 g/mol. The topological polar surface area (TPSA) is 211 Å². The summed E-state index contributed by atoms with van der Waals surface area (Å²) in [7, 11) is 7.87. The zero-order chi connectivity index (χ0) is 62.7. The minimum absolute atomic E-state index is 0.0628. The molecule has 90 heavy (non-hydrogen) atoms. The Morgan fingerprint density at radius 3 is 1.30 bits per heavy atom. The van der Waals surface area contributed by atoms with E-state index in [0.29, 0.717) is 73.5 Å². The highest BCUT2D eigenvalue weighted by atomic mass is 16.5. The molecule has 6 atom stereocenters. The quantitative estimate of drug-likeness (QED) is 0.0934. The molecule has 8 aromatic heterocycles. The van der Waals surface area contributed by atoms with Gasteiger partial charge in [0.15, 0.2) is 0 Å². The number of ether oxygens (including phenoxy) is 3. The first-order valence-corrected chi connectivity index (χ1v) is 32.3. The van der Waals surface area contributed by atoms with Crippen LogP contribution in [0, 0.1) is 17.8 Å². The summed E-state index contributed by atoms with van der Waals surface area (Å²) in [6, 6.07) is 19.0. The van der Waals surface area contributed by atoms with Crippen molar-refractivity contribution in [2.24, 2.45) is 38.9 Å². The van der Waals surface area contributed by atoms with Crippen LogP contribution in [0.25, 0.3) is 66.5 Å². The molecule has 14 rings (SSSR count). The molecule has 0 N–H and O–H groups in total. The van der Waals surface area contributed by atoms with Gasteiger partial charge >= 0.3 is 0 Å². The van der Waals surface area contributed by atoms with Crippen molar-refractivity contribution in [1.29, 1.82) is 0 Å². The minimum atomic E-state index is -0.0720. The number of Topliss-reactive ketones (excluding diaryl/α,β-unsaturated/α-hetero) is 3. The van der Waals surface area contributed by atoms with Gasteiger partial charge in [-0.05, 0) is 123 Å². The molecule has 10 heterocycles.